The number of rotatable bonds is 1. The van der Waals surface area contributed by atoms with Crippen LogP contribution in [0.3, 0.4) is 0 Å². The van der Waals surface area contributed by atoms with Gasteiger partial charge >= 0.3 is 0 Å². The first-order valence-corrected chi connectivity index (χ1v) is 5.88. The largest absolute Gasteiger partial charge is 0.354 e. The van der Waals surface area contributed by atoms with Gasteiger partial charge in [-0.25, -0.2) is 0 Å². The van der Waals surface area contributed by atoms with E-state index in [1.807, 2.05) is 30.3 Å². The molecule has 1 aromatic heterocycles. The summed E-state index contributed by atoms with van der Waals surface area (Å²) < 4.78 is 1.11. The Morgan fingerprint density at radius 1 is 1.06 bits per heavy atom. The van der Waals surface area contributed by atoms with E-state index in [2.05, 4.69) is 45.2 Å². The molecule has 0 aliphatic heterocycles. The molecule has 0 aliphatic carbocycles. The Morgan fingerprint density at radius 3 is 2.62 bits per heavy atom. The van der Waals surface area contributed by atoms with Crippen LogP contribution in [-0.2, 0) is 0 Å². The van der Waals surface area contributed by atoms with E-state index in [0.717, 1.165) is 15.7 Å². The molecule has 0 bridgehead atoms. The van der Waals surface area contributed by atoms with Gasteiger partial charge in [-0.1, -0.05) is 42.5 Å². The van der Waals surface area contributed by atoms with Gasteiger partial charge in [0.1, 0.15) is 0 Å². The monoisotopic (exact) mass is 270 g/mol. The molecule has 0 spiro atoms. The van der Waals surface area contributed by atoms with Crippen LogP contribution < -0.4 is 0 Å². The van der Waals surface area contributed by atoms with E-state index in [1.165, 1.54) is 10.9 Å². The minimum Gasteiger partial charge on any atom is -0.354 e. The van der Waals surface area contributed by atoms with Crippen LogP contribution in [0.2, 0.25) is 0 Å². The number of aromatic nitrogens is 1. The van der Waals surface area contributed by atoms with Gasteiger partial charge in [0.25, 0.3) is 0 Å². The highest BCUT2D eigenvalue weighted by Gasteiger charge is 2.09. The molecule has 3 rings (SSSR count). The molecule has 77 valence electrons. The molecule has 0 amide bonds. The van der Waals surface area contributed by atoms with Gasteiger partial charge in [0.05, 0.1) is 10.2 Å². The zero-order chi connectivity index (χ0) is 11.0. The summed E-state index contributed by atoms with van der Waals surface area (Å²) in [4.78, 5) is 3.40. The minimum atomic E-state index is 1.10. The fourth-order valence-corrected chi connectivity index (χ4v) is 2.53. The van der Waals surface area contributed by atoms with Crippen molar-refractivity contribution in [1.82, 2.24) is 4.98 Å². The summed E-state index contributed by atoms with van der Waals surface area (Å²) in [6.07, 6.45) is 0. The molecule has 1 N–H and O–H groups in total. The Labute approximate surface area is 102 Å². The van der Waals surface area contributed by atoms with Crippen molar-refractivity contribution in [3.8, 4) is 11.3 Å². The second-order valence-electron chi connectivity index (χ2n) is 3.65. The SMILES string of the molecule is Brc1c(-c2ccccc2)[nH]c2c[c]ccc12. The Balaban J connectivity index is 2.29. The lowest BCUT2D eigenvalue weighted by Crippen LogP contribution is -1.76. The number of hydrogen-bond acceptors (Lipinski definition) is 0. The second kappa shape index (κ2) is 3.80. The third kappa shape index (κ3) is 1.46. The summed E-state index contributed by atoms with van der Waals surface area (Å²) in [6, 6.07) is 19.3. The van der Waals surface area contributed by atoms with E-state index in [4.69, 9.17) is 0 Å². The number of nitrogens with one attached hydrogen (secondary N) is 1. The quantitative estimate of drug-likeness (QED) is 0.675. The third-order valence-electron chi connectivity index (χ3n) is 2.64. The van der Waals surface area contributed by atoms with E-state index in [1.54, 1.807) is 0 Å². The molecule has 2 heteroatoms. The van der Waals surface area contributed by atoms with E-state index in [0.29, 0.717) is 0 Å². The van der Waals surface area contributed by atoms with Crippen molar-refractivity contribution >= 4 is 26.8 Å². The van der Waals surface area contributed by atoms with E-state index in [-0.39, 0.29) is 0 Å². The maximum absolute atomic E-state index is 3.64. The fourth-order valence-electron chi connectivity index (χ4n) is 1.85. The zero-order valence-electron chi connectivity index (χ0n) is 8.50. The van der Waals surface area contributed by atoms with Crippen LogP contribution in [0.1, 0.15) is 0 Å². The summed E-state index contributed by atoms with van der Waals surface area (Å²) in [5, 5.41) is 1.19. The van der Waals surface area contributed by atoms with E-state index >= 15 is 0 Å². The predicted molar refractivity (Wildman–Crippen MR) is 70.3 cm³/mol. The van der Waals surface area contributed by atoms with Crippen molar-refractivity contribution in [1.29, 1.82) is 0 Å². The Bertz CT molecular complexity index is 626. The topological polar surface area (TPSA) is 15.8 Å². The summed E-state index contributed by atoms with van der Waals surface area (Å²) in [6.45, 7) is 0. The highest BCUT2D eigenvalue weighted by molar-refractivity contribution is 9.10. The molecule has 0 saturated heterocycles. The normalized spacial score (nSPS) is 10.8. The molecular formula is C14H9BrN. The first kappa shape index (κ1) is 9.67. The molecule has 3 aromatic rings. The van der Waals surface area contributed by atoms with Gasteiger partial charge < -0.3 is 4.98 Å². The molecule has 1 radical (unpaired) electrons. The molecule has 2 aromatic carbocycles. The second-order valence-corrected chi connectivity index (χ2v) is 4.44. The Morgan fingerprint density at radius 2 is 1.88 bits per heavy atom. The van der Waals surface area contributed by atoms with Crippen molar-refractivity contribution in [2.45, 2.75) is 0 Å². The highest BCUT2D eigenvalue weighted by Crippen LogP contribution is 2.34. The number of aromatic amines is 1. The van der Waals surface area contributed by atoms with Gasteiger partial charge in [-0.05, 0) is 33.6 Å². The number of hydrogen-bond donors (Lipinski definition) is 1. The molecule has 0 atom stereocenters. The van der Waals surface area contributed by atoms with Crippen LogP contribution in [0.25, 0.3) is 22.2 Å². The van der Waals surface area contributed by atoms with Gasteiger partial charge in [-0.2, -0.15) is 0 Å². The summed E-state index contributed by atoms with van der Waals surface area (Å²) in [7, 11) is 0. The van der Waals surface area contributed by atoms with Crippen LogP contribution in [-0.4, -0.2) is 4.98 Å². The Hall–Kier alpha value is -1.54. The summed E-state index contributed by atoms with van der Waals surface area (Å²) in [5.41, 5.74) is 3.41. The molecule has 16 heavy (non-hydrogen) atoms. The lowest BCUT2D eigenvalue weighted by Gasteiger charge is -1.97. The molecule has 0 unspecified atom stereocenters. The average Bonchev–Trinajstić information content (AvgIpc) is 2.69. The lowest BCUT2D eigenvalue weighted by atomic mass is 10.1. The standard InChI is InChI=1S/C14H9BrN/c15-13-11-8-4-5-9-12(11)16-14(13)10-6-2-1-3-7-10/h1-4,6-9,16H. The smallest absolute Gasteiger partial charge is 0.0609 e. The van der Waals surface area contributed by atoms with E-state index in [9.17, 15) is 0 Å². The van der Waals surface area contributed by atoms with Crippen LogP contribution in [0.15, 0.2) is 53.0 Å². The van der Waals surface area contributed by atoms with Gasteiger partial charge in [0.2, 0.25) is 0 Å². The van der Waals surface area contributed by atoms with Crippen molar-refractivity contribution in [3.05, 3.63) is 59.1 Å². The molecule has 1 heterocycles. The first-order valence-electron chi connectivity index (χ1n) is 5.09. The van der Waals surface area contributed by atoms with Gasteiger partial charge in [-0.3, -0.25) is 0 Å². The molecule has 0 saturated carbocycles. The zero-order valence-corrected chi connectivity index (χ0v) is 10.1. The third-order valence-corrected chi connectivity index (χ3v) is 3.47. The molecule has 0 aliphatic rings. The van der Waals surface area contributed by atoms with Crippen LogP contribution in [0.5, 0.6) is 0 Å². The average molecular weight is 271 g/mol. The molecular weight excluding hydrogens is 262 g/mol. The van der Waals surface area contributed by atoms with Crippen molar-refractivity contribution < 1.29 is 0 Å². The minimum absolute atomic E-state index is 1.10. The van der Waals surface area contributed by atoms with Crippen LogP contribution in [0, 0.1) is 6.07 Å². The van der Waals surface area contributed by atoms with Crippen LogP contribution >= 0.6 is 15.9 Å². The Kier molecular flexibility index (Phi) is 2.29. The fraction of sp³-hybridized carbons (Fsp3) is 0. The summed E-state index contributed by atoms with van der Waals surface area (Å²) >= 11 is 3.64. The van der Waals surface area contributed by atoms with Crippen LogP contribution in [0.4, 0.5) is 0 Å². The van der Waals surface area contributed by atoms with Crippen molar-refractivity contribution in [2.75, 3.05) is 0 Å². The number of fused-ring (bicyclic) bond motifs is 1. The maximum atomic E-state index is 3.64. The maximum Gasteiger partial charge on any atom is 0.0609 e. The van der Waals surface area contributed by atoms with E-state index < -0.39 is 0 Å². The number of halogens is 1. The van der Waals surface area contributed by atoms with Crippen molar-refractivity contribution in [2.24, 2.45) is 0 Å². The number of benzene rings is 2. The van der Waals surface area contributed by atoms with Crippen molar-refractivity contribution in [3.63, 3.8) is 0 Å². The van der Waals surface area contributed by atoms with Gasteiger partial charge in [0.15, 0.2) is 0 Å². The van der Waals surface area contributed by atoms with Gasteiger partial charge in [0, 0.05) is 10.9 Å². The first-order chi connectivity index (χ1) is 7.86. The molecule has 0 fully saturated rings. The predicted octanol–water partition coefficient (Wildman–Crippen LogP) is 4.40. The summed E-state index contributed by atoms with van der Waals surface area (Å²) in [5.74, 6) is 0. The van der Waals surface area contributed by atoms with Gasteiger partial charge in [-0.15, -0.1) is 0 Å². The molecule has 1 nitrogen and oxygen atoms in total. The highest BCUT2D eigenvalue weighted by atomic mass is 79.9. The number of H-pyrrole nitrogens is 1. The lowest BCUT2D eigenvalue weighted by molar-refractivity contribution is 1.44.